The third-order valence-electron chi connectivity index (χ3n) is 0.510. The first-order valence-electron chi connectivity index (χ1n) is 2.51. The number of rotatable bonds is 3. The lowest BCUT2D eigenvalue weighted by Gasteiger charge is -2.03. The van der Waals surface area contributed by atoms with Gasteiger partial charge in [0, 0.05) is 0 Å². The molecule has 64 valence electrons. The van der Waals surface area contributed by atoms with Crippen molar-refractivity contribution >= 4 is 12.2 Å². The molecule has 2 amide bonds. The molecule has 6 N–H and O–H groups in total. The quantitative estimate of drug-likeness (QED) is 0.220. The Morgan fingerprint density at radius 3 is 2.55 bits per heavy atom. The molecule has 0 aliphatic heterocycles. The summed E-state index contributed by atoms with van der Waals surface area (Å²) in [6.07, 6.45) is -1.07. The van der Waals surface area contributed by atoms with Gasteiger partial charge in [-0.2, -0.15) is 0 Å². The SMILES string of the molecule is NCOC(=O)ONNC(N)=O. The van der Waals surface area contributed by atoms with Gasteiger partial charge in [0.25, 0.3) is 0 Å². The van der Waals surface area contributed by atoms with E-state index in [4.69, 9.17) is 5.73 Å². The highest BCUT2D eigenvalue weighted by atomic mass is 16.8. The highest BCUT2D eigenvalue weighted by molar-refractivity contribution is 5.71. The Hall–Kier alpha value is -1.54. The molecule has 0 aromatic carbocycles. The van der Waals surface area contributed by atoms with Crippen LogP contribution < -0.4 is 22.5 Å². The van der Waals surface area contributed by atoms with Crippen molar-refractivity contribution < 1.29 is 19.2 Å². The topological polar surface area (TPSA) is 129 Å². The van der Waals surface area contributed by atoms with E-state index >= 15 is 0 Å². The number of carbonyl (C=O) groups excluding carboxylic acids is 2. The van der Waals surface area contributed by atoms with E-state index in [1.54, 1.807) is 11.0 Å². The number of hydrogen-bond acceptors (Lipinski definition) is 6. The Labute approximate surface area is 61.7 Å². The van der Waals surface area contributed by atoms with Gasteiger partial charge in [0.2, 0.25) is 0 Å². The molecule has 0 saturated heterocycles. The Kier molecular flexibility index (Phi) is 4.52. The largest absolute Gasteiger partial charge is 0.530 e. The monoisotopic (exact) mass is 164 g/mol. The lowest BCUT2D eigenvalue weighted by Crippen LogP contribution is -2.42. The van der Waals surface area contributed by atoms with E-state index in [9.17, 15) is 9.59 Å². The predicted octanol–water partition coefficient (Wildman–Crippen LogP) is -1.86. The lowest BCUT2D eigenvalue weighted by molar-refractivity contribution is 0.00720. The zero-order valence-corrected chi connectivity index (χ0v) is 5.49. The van der Waals surface area contributed by atoms with E-state index in [0.29, 0.717) is 0 Å². The smallest absolute Gasteiger partial charge is 0.417 e. The third kappa shape index (κ3) is 6.34. The van der Waals surface area contributed by atoms with Gasteiger partial charge >= 0.3 is 12.2 Å². The summed E-state index contributed by atoms with van der Waals surface area (Å²) in [7, 11) is 0. The number of hydrogen-bond donors (Lipinski definition) is 4. The van der Waals surface area contributed by atoms with Crippen LogP contribution in [-0.2, 0) is 9.57 Å². The maximum Gasteiger partial charge on any atom is 0.530 e. The Bertz CT molecular complexity index is 148. The van der Waals surface area contributed by atoms with Crippen LogP contribution in [0.1, 0.15) is 0 Å². The molecule has 0 aromatic heterocycles. The molecule has 0 radical (unpaired) electrons. The average Bonchev–Trinajstić information content (AvgIpc) is 1.87. The molecular weight excluding hydrogens is 156 g/mol. The molecule has 0 bridgehead atoms. The average molecular weight is 164 g/mol. The molecule has 0 rings (SSSR count). The summed E-state index contributed by atoms with van der Waals surface area (Å²) in [5.74, 6) is 0. The van der Waals surface area contributed by atoms with E-state index in [-0.39, 0.29) is 6.73 Å². The van der Waals surface area contributed by atoms with Crippen LogP contribution in [0.5, 0.6) is 0 Å². The van der Waals surface area contributed by atoms with Crippen molar-refractivity contribution in [2.75, 3.05) is 6.73 Å². The third-order valence-corrected chi connectivity index (χ3v) is 0.510. The molecule has 0 fully saturated rings. The second kappa shape index (κ2) is 5.26. The first-order valence-corrected chi connectivity index (χ1v) is 2.51. The number of nitrogens with one attached hydrogen (secondary N) is 2. The van der Waals surface area contributed by atoms with Gasteiger partial charge in [0.15, 0.2) is 0 Å². The highest BCUT2D eigenvalue weighted by Crippen LogP contribution is 1.75. The maximum atomic E-state index is 10.2. The van der Waals surface area contributed by atoms with E-state index in [1.165, 1.54) is 0 Å². The van der Waals surface area contributed by atoms with Crippen molar-refractivity contribution in [1.82, 2.24) is 11.0 Å². The van der Waals surface area contributed by atoms with Crippen LogP contribution in [0.3, 0.4) is 0 Å². The lowest BCUT2D eigenvalue weighted by atomic mass is 11.2. The van der Waals surface area contributed by atoms with Crippen molar-refractivity contribution in [3.63, 3.8) is 0 Å². The number of hydrazine groups is 1. The summed E-state index contributed by atoms with van der Waals surface area (Å²) in [6.45, 7) is -0.308. The first-order chi connectivity index (χ1) is 5.16. The van der Waals surface area contributed by atoms with E-state index in [0.717, 1.165) is 0 Å². The summed E-state index contributed by atoms with van der Waals surface area (Å²) in [4.78, 5) is 24.2. The summed E-state index contributed by atoms with van der Waals surface area (Å²) in [5, 5.41) is 0. The molecule has 0 saturated carbocycles. The molecule has 0 aliphatic carbocycles. The predicted molar refractivity (Wildman–Crippen MR) is 32.5 cm³/mol. The van der Waals surface area contributed by atoms with Crippen molar-refractivity contribution in [1.29, 1.82) is 0 Å². The van der Waals surface area contributed by atoms with E-state index in [1.807, 2.05) is 0 Å². The van der Waals surface area contributed by atoms with E-state index < -0.39 is 12.2 Å². The number of ether oxygens (including phenoxy) is 1. The maximum absolute atomic E-state index is 10.2. The van der Waals surface area contributed by atoms with Crippen molar-refractivity contribution in [2.45, 2.75) is 0 Å². The Balaban J connectivity index is 3.24. The zero-order chi connectivity index (χ0) is 8.69. The second-order valence-electron chi connectivity index (χ2n) is 1.25. The van der Waals surface area contributed by atoms with Crippen LogP contribution in [0, 0.1) is 0 Å². The number of primary amides is 1. The van der Waals surface area contributed by atoms with Gasteiger partial charge in [-0.05, 0) is 0 Å². The summed E-state index contributed by atoms with van der Waals surface area (Å²) < 4.78 is 4.09. The van der Waals surface area contributed by atoms with Crippen LogP contribution in [0.2, 0.25) is 0 Å². The Morgan fingerprint density at radius 1 is 1.45 bits per heavy atom. The van der Waals surface area contributed by atoms with Crippen LogP contribution >= 0.6 is 0 Å². The zero-order valence-electron chi connectivity index (χ0n) is 5.49. The molecule has 8 heteroatoms. The molecule has 0 aliphatic rings. The van der Waals surface area contributed by atoms with Gasteiger partial charge in [0.1, 0.15) is 6.73 Å². The molecule has 0 atom stereocenters. The minimum atomic E-state index is -1.07. The van der Waals surface area contributed by atoms with Gasteiger partial charge in [0.05, 0.1) is 0 Å². The van der Waals surface area contributed by atoms with Gasteiger partial charge in [-0.1, -0.05) is 5.59 Å². The van der Waals surface area contributed by atoms with E-state index in [2.05, 4.69) is 15.3 Å². The van der Waals surface area contributed by atoms with Crippen molar-refractivity contribution in [3.8, 4) is 0 Å². The molecular formula is C3H8N4O4. The normalized spacial score (nSPS) is 8.45. The van der Waals surface area contributed by atoms with Crippen LogP contribution in [0.25, 0.3) is 0 Å². The summed E-state index contributed by atoms with van der Waals surface area (Å²) in [6, 6.07) is -0.898. The molecule has 0 unspecified atom stereocenters. The fraction of sp³-hybridized carbons (Fsp3) is 0.333. The molecule has 0 heterocycles. The minimum Gasteiger partial charge on any atom is -0.417 e. The highest BCUT2D eigenvalue weighted by Gasteiger charge is 2.00. The summed E-state index contributed by atoms with van der Waals surface area (Å²) >= 11 is 0. The number of carbonyl (C=O) groups is 2. The standard InChI is InChI=1S/C3H8N4O4/c4-1-10-3(9)11-7-6-2(5)8/h7H,1,4H2,(H3,5,6,8). The second-order valence-corrected chi connectivity index (χ2v) is 1.25. The van der Waals surface area contributed by atoms with Gasteiger partial charge in [-0.15, -0.1) is 0 Å². The fourth-order valence-electron chi connectivity index (χ4n) is 0.215. The molecule has 0 aromatic rings. The Morgan fingerprint density at radius 2 is 2.09 bits per heavy atom. The van der Waals surface area contributed by atoms with Crippen LogP contribution in [-0.4, -0.2) is 18.9 Å². The van der Waals surface area contributed by atoms with Crippen molar-refractivity contribution in [2.24, 2.45) is 11.5 Å². The molecule has 11 heavy (non-hydrogen) atoms. The van der Waals surface area contributed by atoms with Crippen molar-refractivity contribution in [3.05, 3.63) is 0 Å². The number of nitrogens with two attached hydrogens (primary N) is 2. The molecule has 0 spiro atoms. The minimum absolute atomic E-state index is 0.308. The molecule has 8 nitrogen and oxygen atoms in total. The fourth-order valence-corrected chi connectivity index (χ4v) is 0.215. The summed E-state index contributed by atoms with van der Waals surface area (Å²) in [5.41, 5.74) is 12.9. The van der Waals surface area contributed by atoms with Gasteiger partial charge in [-0.3, -0.25) is 5.73 Å². The van der Waals surface area contributed by atoms with Crippen LogP contribution in [0.4, 0.5) is 9.59 Å². The van der Waals surface area contributed by atoms with Gasteiger partial charge in [-0.25, -0.2) is 15.0 Å². The van der Waals surface area contributed by atoms with Crippen LogP contribution in [0.15, 0.2) is 0 Å². The number of urea groups is 1. The van der Waals surface area contributed by atoms with Gasteiger partial charge < -0.3 is 15.3 Å². The number of amides is 2. The first kappa shape index (κ1) is 9.46.